The van der Waals surface area contributed by atoms with Gasteiger partial charge in [0.25, 0.3) is 0 Å². The molecule has 0 unspecified atom stereocenters. The molecule has 78 valence electrons. The van der Waals surface area contributed by atoms with Crippen molar-refractivity contribution < 1.29 is 0 Å². The van der Waals surface area contributed by atoms with E-state index in [0.29, 0.717) is 18.0 Å². The fraction of sp³-hybridized carbons (Fsp3) is 0.667. The summed E-state index contributed by atoms with van der Waals surface area (Å²) in [4.78, 5) is 3.37. The largest absolute Gasteiger partial charge is 0.365 e. The monoisotopic (exact) mass is 192 g/mol. The van der Waals surface area contributed by atoms with E-state index < -0.39 is 0 Å². The number of H-pyrrole nitrogens is 1. The average molecular weight is 192 g/mol. The van der Waals surface area contributed by atoms with E-state index in [1.807, 2.05) is 0 Å². The van der Waals surface area contributed by atoms with Crippen molar-refractivity contribution in [3.8, 4) is 0 Å². The Morgan fingerprint density at radius 2 is 2.29 bits per heavy atom. The first-order valence-electron chi connectivity index (χ1n) is 5.64. The molecule has 0 radical (unpaired) electrons. The molecule has 2 nitrogen and oxygen atoms in total. The van der Waals surface area contributed by atoms with Gasteiger partial charge >= 0.3 is 0 Å². The Kier molecular flexibility index (Phi) is 2.64. The van der Waals surface area contributed by atoms with Crippen LogP contribution < -0.4 is 5.32 Å². The first-order valence-corrected chi connectivity index (χ1v) is 5.64. The molecule has 1 aromatic heterocycles. The highest BCUT2D eigenvalue weighted by Gasteiger charge is 2.27. The summed E-state index contributed by atoms with van der Waals surface area (Å²) in [6.45, 7) is 6.82. The van der Waals surface area contributed by atoms with Crippen LogP contribution in [0.2, 0.25) is 0 Å². The predicted octanol–water partition coefficient (Wildman–Crippen LogP) is 2.64. The Morgan fingerprint density at radius 3 is 2.93 bits per heavy atom. The zero-order chi connectivity index (χ0) is 10.1. The summed E-state index contributed by atoms with van der Waals surface area (Å²) >= 11 is 0. The number of rotatable bonds is 2. The Morgan fingerprint density at radius 1 is 1.50 bits per heavy atom. The molecule has 0 fully saturated rings. The number of aromatic amines is 1. The lowest BCUT2D eigenvalue weighted by atomic mass is 9.88. The molecule has 1 aliphatic rings. The molecule has 0 saturated carbocycles. The maximum Gasteiger partial charge on any atom is 0.0363 e. The molecule has 0 saturated heterocycles. The maximum atomic E-state index is 3.72. The quantitative estimate of drug-likeness (QED) is 0.740. The third kappa shape index (κ3) is 1.59. The van der Waals surface area contributed by atoms with Crippen LogP contribution in [-0.4, -0.2) is 11.0 Å². The van der Waals surface area contributed by atoms with E-state index in [4.69, 9.17) is 0 Å². The number of hydrogen-bond acceptors (Lipinski definition) is 1. The van der Waals surface area contributed by atoms with Gasteiger partial charge in [-0.05, 0) is 24.0 Å². The molecule has 14 heavy (non-hydrogen) atoms. The van der Waals surface area contributed by atoms with Gasteiger partial charge in [-0.1, -0.05) is 20.8 Å². The first kappa shape index (κ1) is 9.78. The normalized spacial score (nSPS) is 26.6. The van der Waals surface area contributed by atoms with Gasteiger partial charge in [0.05, 0.1) is 0 Å². The lowest BCUT2D eigenvalue weighted by Crippen LogP contribution is -2.40. The van der Waals surface area contributed by atoms with Crippen molar-refractivity contribution in [2.24, 2.45) is 5.92 Å². The van der Waals surface area contributed by atoms with Crippen molar-refractivity contribution in [2.45, 2.75) is 45.7 Å². The summed E-state index contributed by atoms with van der Waals surface area (Å²) in [5, 5.41) is 3.72. The molecule has 1 aromatic rings. The highest BCUT2D eigenvalue weighted by Crippen LogP contribution is 2.30. The fourth-order valence-electron chi connectivity index (χ4n) is 2.35. The van der Waals surface area contributed by atoms with Gasteiger partial charge in [-0.3, -0.25) is 0 Å². The topological polar surface area (TPSA) is 27.8 Å². The minimum absolute atomic E-state index is 0.537. The summed E-state index contributed by atoms with van der Waals surface area (Å²) in [6.07, 6.45) is 4.43. The number of fused-ring (bicyclic) bond motifs is 1. The Hall–Kier alpha value is -0.760. The van der Waals surface area contributed by atoms with Crippen molar-refractivity contribution in [1.82, 2.24) is 10.3 Å². The highest BCUT2D eigenvalue weighted by molar-refractivity contribution is 5.28. The maximum absolute atomic E-state index is 3.72. The molecule has 0 amide bonds. The third-order valence-electron chi connectivity index (χ3n) is 3.23. The summed E-state index contributed by atoms with van der Waals surface area (Å²) in [5.74, 6) is 0.666. The molecular weight excluding hydrogens is 172 g/mol. The van der Waals surface area contributed by atoms with Crippen molar-refractivity contribution in [3.63, 3.8) is 0 Å². The molecule has 0 aliphatic carbocycles. The molecule has 2 N–H and O–H groups in total. The Balaban J connectivity index is 2.27. The van der Waals surface area contributed by atoms with Crippen LogP contribution in [0.5, 0.6) is 0 Å². The first-order chi connectivity index (χ1) is 6.72. The molecule has 0 bridgehead atoms. The van der Waals surface area contributed by atoms with Crippen molar-refractivity contribution >= 4 is 0 Å². The SMILES string of the molecule is CC[C@H]1Cc2[nH]ccc2[C@@H](C(C)C)N1. The van der Waals surface area contributed by atoms with Crippen LogP contribution in [0.15, 0.2) is 12.3 Å². The van der Waals surface area contributed by atoms with Crippen LogP contribution in [-0.2, 0) is 6.42 Å². The molecule has 2 heterocycles. The van der Waals surface area contributed by atoms with Gasteiger partial charge in [-0.25, -0.2) is 0 Å². The van der Waals surface area contributed by atoms with Crippen LogP contribution >= 0.6 is 0 Å². The van der Waals surface area contributed by atoms with Crippen molar-refractivity contribution in [3.05, 3.63) is 23.5 Å². The van der Waals surface area contributed by atoms with E-state index in [1.165, 1.54) is 17.7 Å². The molecule has 0 spiro atoms. The van der Waals surface area contributed by atoms with Gasteiger partial charge in [0, 0.05) is 30.4 Å². The van der Waals surface area contributed by atoms with Crippen LogP contribution in [0.1, 0.15) is 44.5 Å². The molecule has 1 aliphatic heterocycles. The van der Waals surface area contributed by atoms with Gasteiger partial charge in [-0.15, -0.1) is 0 Å². The minimum atomic E-state index is 0.537. The lowest BCUT2D eigenvalue weighted by molar-refractivity contribution is 0.327. The van der Waals surface area contributed by atoms with Gasteiger partial charge in [-0.2, -0.15) is 0 Å². The number of nitrogens with one attached hydrogen (secondary N) is 2. The van der Waals surface area contributed by atoms with Gasteiger partial charge < -0.3 is 10.3 Å². The standard InChI is InChI=1S/C12H20N2/c1-4-9-7-11-10(5-6-13-11)12(14-9)8(2)3/h5-6,8-9,12-14H,4,7H2,1-3H3/t9-,12+/m0/s1. The molecular formula is C12H20N2. The molecule has 2 rings (SSSR count). The average Bonchev–Trinajstić information content (AvgIpc) is 2.63. The summed E-state index contributed by atoms with van der Waals surface area (Å²) in [7, 11) is 0. The van der Waals surface area contributed by atoms with E-state index in [9.17, 15) is 0 Å². The second-order valence-electron chi connectivity index (χ2n) is 4.61. The Bertz CT molecular complexity index is 301. The summed E-state index contributed by atoms with van der Waals surface area (Å²) in [6, 6.07) is 3.40. The predicted molar refractivity (Wildman–Crippen MR) is 59.3 cm³/mol. The highest BCUT2D eigenvalue weighted by atomic mass is 15.0. The van der Waals surface area contributed by atoms with Crippen molar-refractivity contribution in [2.75, 3.05) is 0 Å². The second kappa shape index (κ2) is 3.77. The van der Waals surface area contributed by atoms with E-state index in [-0.39, 0.29) is 0 Å². The fourth-order valence-corrected chi connectivity index (χ4v) is 2.35. The molecule has 2 heteroatoms. The number of aromatic nitrogens is 1. The zero-order valence-corrected chi connectivity index (χ0v) is 9.30. The van der Waals surface area contributed by atoms with E-state index in [1.54, 1.807) is 0 Å². The molecule has 0 aromatic carbocycles. The zero-order valence-electron chi connectivity index (χ0n) is 9.30. The van der Waals surface area contributed by atoms with E-state index in [2.05, 4.69) is 43.3 Å². The molecule has 2 atom stereocenters. The van der Waals surface area contributed by atoms with Crippen molar-refractivity contribution in [1.29, 1.82) is 0 Å². The van der Waals surface area contributed by atoms with Crippen LogP contribution in [0.4, 0.5) is 0 Å². The van der Waals surface area contributed by atoms with E-state index in [0.717, 1.165) is 6.42 Å². The number of hydrogen-bond donors (Lipinski definition) is 2. The minimum Gasteiger partial charge on any atom is -0.365 e. The summed E-state index contributed by atoms with van der Waals surface area (Å²) < 4.78 is 0. The van der Waals surface area contributed by atoms with Crippen LogP contribution in [0.25, 0.3) is 0 Å². The third-order valence-corrected chi connectivity index (χ3v) is 3.23. The second-order valence-corrected chi connectivity index (χ2v) is 4.61. The van der Waals surface area contributed by atoms with Crippen LogP contribution in [0.3, 0.4) is 0 Å². The lowest BCUT2D eigenvalue weighted by Gasteiger charge is -2.33. The van der Waals surface area contributed by atoms with E-state index >= 15 is 0 Å². The van der Waals surface area contributed by atoms with Gasteiger partial charge in [0.2, 0.25) is 0 Å². The summed E-state index contributed by atoms with van der Waals surface area (Å²) in [5.41, 5.74) is 2.92. The smallest absolute Gasteiger partial charge is 0.0363 e. The van der Waals surface area contributed by atoms with Gasteiger partial charge in [0.1, 0.15) is 0 Å². The van der Waals surface area contributed by atoms with Gasteiger partial charge in [0.15, 0.2) is 0 Å². The Labute approximate surface area is 86.1 Å². The van der Waals surface area contributed by atoms with Crippen LogP contribution in [0, 0.1) is 5.92 Å².